The Morgan fingerprint density at radius 2 is 2.06 bits per heavy atom. The molecule has 1 atom stereocenters. The molecule has 4 heterocycles. The number of carbonyl (C=O) groups excluding carboxylic acids is 1. The van der Waals surface area contributed by atoms with E-state index >= 15 is 0 Å². The molecule has 0 bridgehead atoms. The van der Waals surface area contributed by atoms with Crippen LogP contribution in [0.15, 0.2) is 42.9 Å². The number of alkyl halides is 2. The summed E-state index contributed by atoms with van der Waals surface area (Å²) in [6.45, 7) is 0.867. The van der Waals surface area contributed by atoms with Gasteiger partial charge in [-0.3, -0.25) is 9.78 Å². The highest BCUT2D eigenvalue weighted by Gasteiger charge is 2.29. The normalized spacial score (nSPS) is 17.0. The van der Waals surface area contributed by atoms with Crippen molar-refractivity contribution < 1.29 is 18.0 Å². The molecule has 1 amide bonds. The molecule has 7 nitrogen and oxygen atoms in total. The summed E-state index contributed by atoms with van der Waals surface area (Å²) in [6.07, 6.45) is 1.33. The lowest BCUT2D eigenvalue weighted by Crippen LogP contribution is -2.39. The van der Waals surface area contributed by atoms with Crippen LogP contribution in [0.1, 0.15) is 46.9 Å². The molecule has 31 heavy (non-hydrogen) atoms. The van der Waals surface area contributed by atoms with E-state index in [0.717, 1.165) is 0 Å². The Hall–Kier alpha value is -3.56. The van der Waals surface area contributed by atoms with Gasteiger partial charge in [0.25, 0.3) is 18.1 Å². The van der Waals surface area contributed by atoms with Crippen molar-refractivity contribution in [1.82, 2.24) is 29.5 Å². The van der Waals surface area contributed by atoms with Gasteiger partial charge in [-0.1, -0.05) is 12.1 Å². The molecule has 0 N–H and O–H groups in total. The number of para-hydroxylation sites is 1. The van der Waals surface area contributed by atoms with E-state index in [9.17, 15) is 18.0 Å². The maximum atomic E-state index is 13.9. The SMILES string of the molecule is O=C(c1cnc2c(F)cccc2c1)N1CCCC(c2cc(C(F)F)nc3ncnn23)C1. The van der Waals surface area contributed by atoms with Crippen LogP contribution in [0.4, 0.5) is 13.2 Å². The minimum Gasteiger partial charge on any atom is -0.338 e. The van der Waals surface area contributed by atoms with Gasteiger partial charge in [-0.2, -0.15) is 10.1 Å². The monoisotopic (exact) mass is 426 g/mol. The van der Waals surface area contributed by atoms with Gasteiger partial charge in [0.15, 0.2) is 0 Å². The molecule has 1 unspecified atom stereocenters. The van der Waals surface area contributed by atoms with Gasteiger partial charge in [-0.15, -0.1) is 0 Å². The molecule has 4 aromatic rings. The Kier molecular flexibility index (Phi) is 4.76. The number of aromatic nitrogens is 5. The zero-order chi connectivity index (χ0) is 21.5. The van der Waals surface area contributed by atoms with Crippen molar-refractivity contribution in [3.63, 3.8) is 0 Å². The number of benzene rings is 1. The number of hydrogen-bond acceptors (Lipinski definition) is 5. The van der Waals surface area contributed by atoms with Crippen molar-refractivity contribution in [2.75, 3.05) is 13.1 Å². The molecule has 0 aliphatic carbocycles. The second-order valence-electron chi connectivity index (χ2n) is 7.50. The van der Waals surface area contributed by atoms with Crippen molar-refractivity contribution in [2.45, 2.75) is 25.2 Å². The Bertz CT molecular complexity index is 1290. The smallest absolute Gasteiger partial charge is 0.280 e. The Labute approximate surface area is 174 Å². The quantitative estimate of drug-likeness (QED) is 0.499. The number of amides is 1. The van der Waals surface area contributed by atoms with Gasteiger partial charge in [-0.25, -0.2) is 22.7 Å². The van der Waals surface area contributed by atoms with Gasteiger partial charge < -0.3 is 4.90 Å². The maximum absolute atomic E-state index is 13.9. The third-order valence-corrected chi connectivity index (χ3v) is 5.56. The second kappa shape index (κ2) is 7.60. The molecule has 1 saturated heterocycles. The highest BCUT2D eigenvalue weighted by atomic mass is 19.3. The van der Waals surface area contributed by atoms with E-state index in [4.69, 9.17) is 0 Å². The molecule has 158 valence electrons. The van der Waals surface area contributed by atoms with Crippen molar-refractivity contribution in [2.24, 2.45) is 0 Å². The summed E-state index contributed by atoms with van der Waals surface area (Å²) in [5.41, 5.74) is 0.752. The number of nitrogens with zero attached hydrogens (tertiary/aromatic N) is 6. The van der Waals surface area contributed by atoms with Crippen LogP contribution >= 0.6 is 0 Å². The molecule has 1 aromatic carbocycles. The molecule has 0 radical (unpaired) electrons. The first kappa shape index (κ1) is 19.4. The number of fused-ring (bicyclic) bond motifs is 2. The van der Waals surface area contributed by atoms with Gasteiger partial charge in [0.1, 0.15) is 23.4 Å². The number of halogens is 3. The standard InChI is InChI=1S/C21H17F3N6O/c22-15-5-1-3-12-7-14(9-25-18(12)15)20(31)29-6-2-4-13(10-29)17-8-16(19(23)24)28-21-26-11-27-30(17)21/h1,3,5,7-9,11,13,19H,2,4,6,10H2. The molecule has 3 aromatic heterocycles. The van der Waals surface area contributed by atoms with E-state index in [1.165, 1.54) is 29.2 Å². The van der Waals surface area contributed by atoms with E-state index in [-0.39, 0.29) is 28.8 Å². The first-order valence-corrected chi connectivity index (χ1v) is 9.83. The minimum absolute atomic E-state index is 0.108. The topological polar surface area (TPSA) is 76.3 Å². The average molecular weight is 426 g/mol. The summed E-state index contributed by atoms with van der Waals surface area (Å²) in [6, 6.07) is 7.54. The minimum atomic E-state index is -2.73. The summed E-state index contributed by atoms with van der Waals surface area (Å²) >= 11 is 0. The summed E-state index contributed by atoms with van der Waals surface area (Å²) in [5.74, 6) is -0.773. The first-order chi connectivity index (χ1) is 15.0. The van der Waals surface area contributed by atoms with Crippen LogP contribution in [0.5, 0.6) is 0 Å². The van der Waals surface area contributed by atoms with Crippen molar-refractivity contribution >= 4 is 22.6 Å². The number of likely N-dealkylation sites (tertiary alicyclic amines) is 1. The van der Waals surface area contributed by atoms with E-state index in [1.54, 1.807) is 23.1 Å². The van der Waals surface area contributed by atoms with E-state index in [1.807, 2.05) is 0 Å². The molecule has 1 aliphatic heterocycles. The lowest BCUT2D eigenvalue weighted by Gasteiger charge is -2.33. The molecule has 0 saturated carbocycles. The van der Waals surface area contributed by atoms with Crippen molar-refractivity contribution in [1.29, 1.82) is 0 Å². The van der Waals surface area contributed by atoms with Crippen LogP contribution < -0.4 is 0 Å². The van der Waals surface area contributed by atoms with Gasteiger partial charge >= 0.3 is 0 Å². The highest BCUT2D eigenvalue weighted by Crippen LogP contribution is 2.30. The van der Waals surface area contributed by atoms with Gasteiger partial charge in [-0.05, 0) is 31.0 Å². The third kappa shape index (κ3) is 3.47. The van der Waals surface area contributed by atoms with E-state index in [0.29, 0.717) is 42.6 Å². The molecule has 1 aliphatic rings. The molecular weight excluding hydrogens is 409 g/mol. The van der Waals surface area contributed by atoms with Crippen molar-refractivity contribution in [3.8, 4) is 0 Å². The number of carbonyl (C=O) groups is 1. The molecule has 5 rings (SSSR count). The van der Waals surface area contributed by atoms with Crippen molar-refractivity contribution in [3.05, 3.63) is 65.6 Å². The number of pyridine rings is 1. The van der Waals surface area contributed by atoms with Crippen LogP contribution in [0.3, 0.4) is 0 Å². The van der Waals surface area contributed by atoms with E-state index in [2.05, 4.69) is 20.1 Å². The lowest BCUT2D eigenvalue weighted by atomic mass is 9.93. The molecule has 0 spiro atoms. The fraction of sp³-hybridized carbons (Fsp3) is 0.286. The number of hydrogen-bond donors (Lipinski definition) is 0. The summed E-state index contributed by atoms with van der Waals surface area (Å²) in [7, 11) is 0. The number of piperidine rings is 1. The summed E-state index contributed by atoms with van der Waals surface area (Å²) < 4.78 is 41.9. The Morgan fingerprint density at radius 3 is 2.90 bits per heavy atom. The fourth-order valence-corrected chi connectivity index (χ4v) is 4.08. The Balaban J connectivity index is 1.45. The molecule has 1 fully saturated rings. The maximum Gasteiger partial charge on any atom is 0.280 e. The molecule has 10 heteroatoms. The predicted molar refractivity (Wildman–Crippen MR) is 105 cm³/mol. The van der Waals surface area contributed by atoms with Gasteiger partial charge in [0.2, 0.25) is 0 Å². The number of rotatable bonds is 3. The fourth-order valence-electron chi connectivity index (χ4n) is 4.08. The highest BCUT2D eigenvalue weighted by molar-refractivity contribution is 5.97. The predicted octanol–water partition coefficient (Wildman–Crippen LogP) is 3.77. The first-order valence-electron chi connectivity index (χ1n) is 9.83. The van der Waals surface area contributed by atoms with Crippen LogP contribution in [-0.2, 0) is 0 Å². The van der Waals surface area contributed by atoms with E-state index < -0.39 is 12.2 Å². The summed E-state index contributed by atoms with van der Waals surface area (Å²) in [4.78, 5) is 26.7. The zero-order valence-electron chi connectivity index (χ0n) is 16.3. The average Bonchev–Trinajstić information content (AvgIpc) is 3.27. The Morgan fingerprint density at radius 1 is 1.19 bits per heavy atom. The van der Waals surface area contributed by atoms with Gasteiger partial charge in [0, 0.05) is 30.6 Å². The van der Waals surface area contributed by atoms with Crippen LogP contribution in [0.25, 0.3) is 16.7 Å². The van der Waals surface area contributed by atoms with Gasteiger partial charge in [0.05, 0.1) is 11.3 Å². The summed E-state index contributed by atoms with van der Waals surface area (Å²) in [5, 5.41) is 4.66. The molecular formula is C21H17F3N6O. The lowest BCUT2D eigenvalue weighted by molar-refractivity contribution is 0.0704. The van der Waals surface area contributed by atoms with Crippen LogP contribution in [0, 0.1) is 5.82 Å². The largest absolute Gasteiger partial charge is 0.338 e. The zero-order valence-corrected chi connectivity index (χ0v) is 16.3. The van der Waals surface area contributed by atoms with Crippen LogP contribution in [-0.4, -0.2) is 48.5 Å². The third-order valence-electron chi connectivity index (χ3n) is 5.56. The van der Waals surface area contributed by atoms with Crippen LogP contribution in [0.2, 0.25) is 0 Å². The second-order valence-corrected chi connectivity index (χ2v) is 7.50.